The van der Waals surface area contributed by atoms with E-state index in [4.69, 9.17) is 16.0 Å². The van der Waals surface area contributed by atoms with E-state index in [1.807, 2.05) is 6.07 Å². The predicted molar refractivity (Wildman–Crippen MR) is 64.1 cm³/mol. The van der Waals surface area contributed by atoms with E-state index in [1.54, 1.807) is 6.07 Å². The lowest BCUT2D eigenvalue weighted by atomic mass is 10.1. The molecule has 0 bridgehead atoms. The Morgan fingerprint density at radius 2 is 2.13 bits per heavy atom. The van der Waals surface area contributed by atoms with Gasteiger partial charge in [-0.15, -0.1) is 0 Å². The monoisotopic (exact) mass is 229 g/mol. The second kappa shape index (κ2) is 6.91. The van der Waals surface area contributed by atoms with Crippen LogP contribution in [0.2, 0.25) is 5.22 Å². The third-order valence-electron chi connectivity index (χ3n) is 2.31. The summed E-state index contributed by atoms with van der Waals surface area (Å²) in [4.78, 5) is 0. The van der Waals surface area contributed by atoms with Gasteiger partial charge in [-0.3, -0.25) is 0 Å². The van der Waals surface area contributed by atoms with E-state index in [0.717, 1.165) is 24.8 Å². The third kappa shape index (κ3) is 5.85. The molecule has 0 aliphatic heterocycles. The van der Waals surface area contributed by atoms with Crippen LogP contribution in [0.25, 0.3) is 0 Å². The van der Waals surface area contributed by atoms with Crippen LogP contribution in [0.5, 0.6) is 0 Å². The smallest absolute Gasteiger partial charge is 0.193 e. The molecule has 1 N–H and O–H groups in total. The van der Waals surface area contributed by atoms with Gasteiger partial charge in [0.05, 0.1) is 6.54 Å². The molecule has 0 aliphatic carbocycles. The van der Waals surface area contributed by atoms with Crippen molar-refractivity contribution in [3.8, 4) is 0 Å². The Balaban J connectivity index is 1.98. The van der Waals surface area contributed by atoms with Crippen LogP contribution < -0.4 is 5.32 Å². The summed E-state index contributed by atoms with van der Waals surface area (Å²) in [6.45, 7) is 6.34. The molecule has 0 aliphatic rings. The second-order valence-corrected chi connectivity index (χ2v) is 4.64. The lowest BCUT2D eigenvalue weighted by Crippen LogP contribution is -2.14. The fourth-order valence-corrected chi connectivity index (χ4v) is 1.62. The summed E-state index contributed by atoms with van der Waals surface area (Å²) in [5.41, 5.74) is 0. The first-order chi connectivity index (χ1) is 7.18. The van der Waals surface area contributed by atoms with Crippen LogP contribution in [-0.4, -0.2) is 6.54 Å². The van der Waals surface area contributed by atoms with Crippen molar-refractivity contribution in [1.82, 2.24) is 5.32 Å². The van der Waals surface area contributed by atoms with E-state index in [1.165, 1.54) is 19.3 Å². The highest BCUT2D eigenvalue weighted by molar-refractivity contribution is 6.28. The van der Waals surface area contributed by atoms with Gasteiger partial charge in [-0.2, -0.15) is 0 Å². The molecule has 3 heteroatoms. The van der Waals surface area contributed by atoms with E-state index < -0.39 is 0 Å². The Kier molecular flexibility index (Phi) is 5.81. The molecule has 1 rings (SSSR count). The summed E-state index contributed by atoms with van der Waals surface area (Å²) in [6.07, 6.45) is 3.84. The van der Waals surface area contributed by atoms with Gasteiger partial charge in [0.25, 0.3) is 0 Å². The Bertz CT molecular complexity index is 270. The van der Waals surface area contributed by atoms with Gasteiger partial charge in [0, 0.05) is 0 Å². The number of hydrogen-bond acceptors (Lipinski definition) is 2. The lowest BCUT2D eigenvalue weighted by molar-refractivity contribution is 0.471. The van der Waals surface area contributed by atoms with Crippen LogP contribution in [0.4, 0.5) is 0 Å². The highest BCUT2D eigenvalue weighted by Gasteiger charge is 1.98. The normalized spacial score (nSPS) is 11.2. The van der Waals surface area contributed by atoms with Crippen LogP contribution in [0.15, 0.2) is 16.5 Å². The molecule has 86 valence electrons. The Labute approximate surface area is 97.0 Å². The van der Waals surface area contributed by atoms with Crippen molar-refractivity contribution in [2.45, 2.75) is 39.7 Å². The highest BCUT2D eigenvalue weighted by Crippen LogP contribution is 2.12. The maximum Gasteiger partial charge on any atom is 0.193 e. The zero-order valence-electron chi connectivity index (χ0n) is 9.55. The minimum atomic E-state index is 0.464. The Hall–Kier alpha value is -0.470. The molecule has 0 unspecified atom stereocenters. The average molecular weight is 230 g/mol. The van der Waals surface area contributed by atoms with Crippen LogP contribution in [-0.2, 0) is 6.54 Å². The van der Waals surface area contributed by atoms with Crippen molar-refractivity contribution >= 4 is 11.6 Å². The molecule has 0 atom stereocenters. The summed E-state index contributed by atoms with van der Waals surface area (Å²) < 4.78 is 5.23. The molecule has 1 aromatic rings. The molecule has 0 saturated heterocycles. The number of furan rings is 1. The van der Waals surface area contributed by atoms with Crippen LogP contribution in [0.1, 0.15) is 38.9 Å². The largest absolute Gasteiger partial charge is 0.448 e. The van der Waals surface area contributed by atoms with Gasteiger partial charge < -0.3 is 9.73 Å². The molecule has 0 radical (unpaired) electrons. The first-order valence-electron chi connectivity index (χ1n) is 5.63. The Morgan fingerprint density at radius 1 is 1.33 bits per heavy atom. The van der Waals surface area contributed by atoms with Gasteiger partial charge in [0.1, 0.15) is 5.76 Å². The molecule has 1 aromatic heterocycles. The van der Waals surface area contributed by atoms with Gasteiger partial charge in [0.2, 0.25) is 0 Å². The highest BCUT2D eigenvalue weighted by atomic mass is 35.5. The van der Waals surface area contributed by atoms with Crippen LogP contribution in [0, 0.1) is 5.92 Å². The molecule has 0 aromatic carbocycles. The maximum absolute atomic E-state index is 5.66. The zero-order chi connectivity index (χ0) is 11.1. The maximum atomic E-state index is 5.66. The fraction of sp³-hybridized carbons (Fsp3) is 0.667. The van der Waals surface area contributed by atoms with E-state index in [0.29, 0.717) is 5.22 Å². The van der Waals surface area contributed by atoms with Gasteiger partial charge in [0.15, 0.2) is 5.22 Å². The van der Waals surface area contributed by atoms with Crippen molar-refractivity contribution in [2.75, 3.05) is 6.54 Å². The predicted octanol–water partition coefficient (Wildman–Crippen LogP) is 3.85. The van der Waals surface area contributed by atoms with Crippen molar-refractivity contribution in [3.63, 3.8) is 0 Å². The van der Waals surface area contributed by atoms with Crippen LogP contribution >= 0.6 is 11.6 Å². The molecule has 1 heterocycles. The number of hydrogen-bond donors (Lipinski definition) is 1. The number of nitrogens with one attached hydrogen (secondary N) is 1. The third-order valence-corrected chi connectivity index (χ3v) is 2.52. The SMILES string of the molecule is CC(C)CCCCNCc1ccc(Cl)o1. The van der Waals surface area contributed by atoms with E-state index in [2.05, 4.69) is 19.2 Å². The summed E-state index contributed by atoms with van der Waals surface area (Å²) >= 11 is 5.66. The summed E-state index contributed by atoms with van der Waals surface area (Å²) in [5.74, 6) is 1.72. The quantitative estimate of drug-likeness (QED) is 0.719. The number of halogens is 1. The Morgan fingerprint density at radius 3 is 2.73 bits per heavy atom. The number of rotatable bonds is 7. The van der Waals surface area contributed by atoms with Gasteiger partial charge in [-0.25, -0.2) is 0 Å². The van der Waals surface area contributed by atoms with Crippen molar-refractivity contribution in [1.29, 1.82) is 0 Å². The average Bonchev–Trinajstić information content (AvgIpc) is 2.57. The molecule has 0 saturated carbocycles. The van der Waals surface area contributed by atoms with Crippen LogP contribution in [0.3, 0.4) is 0 Å². The second-order valence-electron chi connectivity index (χ2n) is 4.27. The zero-order valence-corrected chi connectivity index (χ0v) is 10.3. The molecule has 2 nitrogen and oxygen atoms in total. The van der Waals surface area contributed by atoms with E-state index >= 15 is 0 Å². The topological polar surface area (TPSA) is 25.2 Å². The van der Waals surface area contributed by atoms with Crippen molar-refractivity contribution in [3.05, 3.63) is 23.1 Å². The van der Waals surface area contributed by atoms with E-state index in [-0.39, 0.29) is 0 Å². The molecule has 0 spiro atoms. The molecule has 15 heavy (non-hydrogen) atoms. The minimum absolute atomic E-state index is 0.464. The molecule has 0 amide bonds. The van der Waals surface area contributed by atoms with Gasteiger partial charge >= 0.3 is 0 Å². The summed E-state index contributed by atoms with van der Waals surface area (Å²) in [6, 6.07) is 3.68. The standard InChI is InChI=1S/C12H20ClNO/c1-10(2)5-3-4-8-14-9-11-6-7-12(13)15-11/h6-7,10,14H,3-5,8-9H2,1-2H3. The summed E-state index contributed by atoms with van der Waals surface area (Å²) in [5, 5.41) is 3.80. The minimum Gasteiger partial charge on any atom is -0.448 e. The van der Waals surface area contributed by atoms with Crippen molar-refractivity contribution < 1.29 is 4.42 Å². The van der Waals surface area contributed by atoms with E-state index in [9.17, 15) is 0 Å². The molecule has 0 fully saturated rings. The lowest BCUT2D eigenvalue weighted by Gasteiger charge is -2.04. The molecular weight excluding hydrogens is 210 g/mol. The van der Waals surface area contributed by atoms with Gasteiger partial charge in [-0.1, -0.05) is 26.7 Å². The summed E-state index contributed by atoms with van der Waals surface area (Å²) in [7, 11) is 0. The first-order valence-corrected chi connectivity index (χ1v) is 6.01. The van der Waals surface area contributed by atoms with Crippen molar-refractivity contribution in [2.24, 2.45) is 5.92 Å². The molecular formula is C12H20ClNO. The first kappa shape index (κ1) is 12.6. The van der Waals surface area contributed by atoms with Gasteiger partial charge in [-0.05, 0) is 42.6 Å². The number of unbranched alkanes of at least 4 members (excludes halogenated alkanes) is 1. The fourth-order valence-electron chi connectivity index (χ4n) is 1.46.